The highest BCUT2D eigenvalue weighted by Crippen LogP contribution is 2.64. The molecule has 0 bridgehead atoms. The van der Waals surface area contributed by atoms with E-state index in [-0.39, 0.29) is 16.6 Å². The van der Waals surface area contributed by atoms with Gasteiger partial charge in [-0.05, 0) is 62.1 Å². The second-order valence-electron chi connectivity index (χ2n) is 12.0. The number of rotatable bonds is 5. The molecule has 0 radical (unpaired) electrons. The van der Waals surface area contributed by atoms with Gasteiger partial charge in [-0.1, -0.05) is 96.6 Å². The summed E-state index contributed by atoms with van der Waals surface area (Å²) in [6.45, 7) is 5.63. The number of sulfonamides is 1. The van der Waals surface area contributed by atoms with Crippen molar-refractivity contribution in [3.63, 3.8) is 0 Å². The van der Waals surface area contributed by atoms with E-state index in [0.717, 1.165) is 26.7 Å². The predicted octanol–water partition coefficient (Wildman–Crippen LogP) is 5.18. The van der Waals surface area contributed by atoms with Gasteiger partial charge in [0.15, 0.2) is 5.41 Å². The molecule has 2 amide bonds. The number of fused-ring (bicyclic) bond motifs is 1. The lowest BCUT2D eigenvalue weighted by Gasteiger charge is -2.49. The van der Waals surface area contributed by atoms with Crippen LogP contribution in [-0.4, -0.2) is 47.9 Å². The molecule has 1 spiro atoms. The Morgan fingerprint density at radius 2 is 1.40 bits per heavy atom. The number of hydrogen-bond donors (Lipinski definition) is 1. The van der Waals surface area contributed by atoms with Gasteiger partial charge < -0.3 is 15.0 Å². The van der Waals surface area contributed by atoms with Gasteiger partial charge in [-0.3, -0.25) is 9.59 Å². The van der Waals surface area contributed by atoms with Crippen molar-refractivity contribution in [3.8, 4) is 0 Å². The SMILES string of the molecule is CC(C)=O.Cc1ccc(S(=O)(=O)N2C(=O)[C@]3(c4ccccc4)C(=O)N(Cc4ccccc4)CC[C@@]34c3ccccc3N[C@@H]24)cc1. The molecule has 1 N–H and O–H groups in total. The van der Waals surface area contributed by atoms with Crippen LogP contribution in [-0.2, 0) is 41.8 Å². The number of para-hydroxylation sites is 1. The monoisotopic (exact) mass is 621 g/mol. The minimum Gasteiger partial charge on any atom is -0.363 e. The van der Waals surface area contributed by atoms with Crippen LogP contribution >= 0.6 is 0 Å². The van der Waals surface area contributed by atoms with Crippen LogP contribution in [0.25, 0.3) is 0 Å². The Morgan fingerprint density at radius 1 is 0.822 bits per heavy atom. The quantitative estimate of drug-likeness (QED) is 0.308. The van der Waals surface area contributed by atoms with E-state index < -0.39 is 32.9 Å². The van der Waals surface area contributed by atoms with Crippen LogP contribution < -0.4 is 5.32 Å². The fraction of sp³-hybridized carbons (Fsp3) is 0.250. The Balaban J connectivity index is 0.000000845. The molecule has 3 heterocycles. The molecule has 0 aromatic heterocycles. The van der Waals surface area contributed by atoms with Crippen LogP contribution in [0.1, 0.15) is 42.5 Å². The maximum absolute atomic E-state index is 15.0. The summed E-state index contributed by atoms with van der Waals surface area (Å²) >= 11 is 0. The molecular weight excluding hydrogens is 586 g/mol. The van der Waals surface area contributed by atoms with Gasteiger partial charge in [0.2, 0.25) is 5.91 Å². The molecule has 0 aliphatic carbocycles. The molecule has 2 fully saturated rings. The number of piperidine rings is 1. The maximum Gasteiger partial charge on any atom is 0.268 e. The Labute approximate surface area is 263 Å². The standard InChI is InChI=1S/C33H29N3O4S.C3H6O/c1-23-16-18-26(19-17-23)41(39,40)36-29-32(27-14-8-9-15-28(27)34-29)20-21-35(22-24-10-4-2-5-11-24)30(37)33(32,31(36)38)25-12-6-3-7-13-25;1-3(2)4/h2-19,29,34H,20-22H2,1H3;1-2H3/t29-,32-,33-;/m0./s1. The predicted molar refractivity (Wildman–Crippen MR) is 172 cm³/mol. The fourth-order valence-electron chi connectivity index (χ4n) is 7.17. The van der Waals surface area contributed by atoms with Crippen molar-refractivity contribution in [2.75, 3.05) is 11.9 Å². The Morgan fingerprint density at radius 3 is 2.04 bits per heavy atom. The maximum atomic E-state index is 15.0. The van der Waals surface area contributed by atoms with Crippen LogP contribution in [0.3, 0.4) is 0 Å². The smallest absolute Gasteiger partial charge is 0.268 e. The van der Waals surface area contributed by atoms with Gasteiger partial charge in [0.05, 0.1) is 10.3 Å². The number of ketones is 1. The van der Waals surface area contributed by atoms with Crippen molar-refractivity contribution in [3.05, 3.63) is 131 Å². The zero-order valence-electron chi connectivity index (χ0n) is 25.4. The molecule has 7 rings (SSSR count). The number of carbonyl (C=O) groups excluding carboxylic acids is 3. The number of nitrogens with zero attached hydrogens (tertiary/aromatic N) is 2. The molecule has 9 heteroatoms. The summed E-state index contributed by atoms with van der Waals surface area (Å²) in [5.74, 6) is -0.937. The molecular formula is C36H35N3O5S. The molecule has 3 aliphatic heterocycles. The third-order valence-corrected chi connectivity index (χ3v) is 10.7. The lowest BCUT2D eigenvalue weighted by Crippen LogP contribution is -2.65. The number of nitrogens with one attached hydrogen (secondary N) is 1. The summed E-state index contributed by atoms with van der Waals surface area (Å²) in [6.07, 6.45) is -0.567. The number of carbonyl (C=O) groups is 3. The topological polar surface area (TPSA) is 104 Å². The second kappa shape index (κ2) is 11.3. The summed E-state index contributed by atoms with van der Waals surface area (Å²) in [5.41, 5.74) is 0.929. The number of benzene rings is 4. The first-order valence-corrected chi connectivity index (χ1v) is 16.4. The molecule has 3 aliphatic rings. The van der Waals surface area contributed by atoms with Gasteiger partial charge in [0, 0.05) is 18.8 Å². The number of aryl methyl sites for hydroxylation is 1. The molecule has 0 unspecified atom stereocenters. The Bertz CT molecular complexity index is 1870. The van der Waals surface area contributed by atoms with Crippen LogP contribution in [0.2, 0.25) is 0 Å². The summed E-state index contributed by atoms with van der Waals surface area (Å²) in [7, 11) is -4.34. The van der Waals surface area contributed by atoms with Crippen molar-refractivity contribution in [1.82, 2.24) is 9.21 Å². The third kappa shape index (κ3) is 4.56. The number of anilines is 1. The molecule has 4 aromatic rings. The fourth-order valence-corrected chi connectivity index (χ4v) is 8.74. The summed E-state index contributed by atoms with van der Waals surface area (Å²) < 4.78 is 29.7. The number of hydrogen-bond acceptors (Lipinski definition) is 6. The summed E-state index contributed by atoms with van der Waals surface area (Å²) in [5, 5.41) is 3.39. The van der Waals surface area contributed by atoms with Crippen molar-refractivity contribution in [2.45, 2.75) is 55.6 Å². The summed E-state index contributed by atoms with van der Waals surface area (Å²) in [6, 6.07) is 32.7. The normalized spacial score (nSPS) is 23.3. The third-order valence-electron chi connectivity index (χ3n) is 8.98. The summed E-state index contributed by atoms with van der Waals surface area (Å²) in [4.78, 5) is 41.2. The van der Waals surface area contributed by atoms with Crippen molar-refractivity contribution in [2.24, 2.45) is 0 Å². The number of likely N-dealkylation sites (tertiary alicyclic amines) is 1. The molecule has 8 nitrogen and oxygen atoms in total. The average Bonchev–Trinajstić information content (AvgIpc) is 3.46. The number of Topliss-reactive ketones (excluding diaryl/α,β-unsaturated/α-hetero) is 1. The van der Waals surface area contributed by atoms with Crippen LogP contribution in [0.5, 0.6) is 0 Å². The number of amides is 2. The van der Waals surface area contributed by atoms with E-state index >= 15 is 9.59 Å². The van der Waals surface area contributed by atoms with Gasteiger partial charge in [-0.25, -0.2) is 12.7 Å². The molecule has 45 heavy (non-hydrogen) atoms. The molecule has 4 aromatic carbocycles. The van der Waals surface area contributed by atoms with Crippen LogP contribution in [0, 0.1) is 6.92 Å². The highest BCUT2D eigenvalue weighted by molar-refractivity contribution is 7.89. The lowest BCUT2D eigenvalue weighted by molar-refractivity contribution is -0.151. The first kappa shape index (κ1) is 30.3. The minimum absolute atomic E-state index is 0.0137. The minimum atomic E-state index is -4.34. The van der Waals surface area contributed by atoms with E-state index in [1.807, 2.05) is 67.6 Å². The average molecular weight is 622 g/mol. The van der Waals surface area contributed by atoms with Gasteiger partial charge >= 0.3 is 0 Å². The second-order valence-corrected chi connectivity index (χ2v) is 13.8. The van der Waals surface area contributed by atoms with E-state index in [0.29, 0.717) is 25.1 Å². The van der Waals surface area contributed by atoms with Crippen molar-refractivity contribution in [1.29, 1.82) is 0 Å². The van der Waals surface area contributed by atoms with Crippen molar-refractivity contribution < 1.29 is 22.8 Å². The molecule has 0 saturated carbocycles. The van der Waals surface area contributed by atoms with Gasteiger partial charge in [0.25, 0.3) is 15.9 Å². The van der Waals surface area contributed by atoms with Crippen molar-refractivity contribution >= 4 is 33.3 Å². The lowest BCUT2D eigenvalue weighted by atomic mass is 9.54. The van der Waals surface area contributed by atoms with E-state index in [2.05, 4.69) is 5.32 Å². The van der Waals surface area contributed by atoms with Gasteiger partial charge in [0.1, 0.15) is 11.9 Å². The molecule has 2 saturated heterocycles. The Kier molecular flexibility index (Phi) is 7.61. The highest BCUT2D eigenvalue weighted by Gasteiger charge is 2.79. The van der Waals surface area contributed by atoms with Gasteiger partial charge in [-0.15, -0.1) is 0 Å². The Hall–Kier alpha value is -4.76. The van der Waals surface area contributed by atoms with Crippen LogP contribution in [0.4, 0.5) is 5.69 Å². The first-order valence-electron chi connectivity index (χ1n) is 14.9. The van der Waals surface area contributed by atoms with E-state index in [9.17, 15) is 13.2 Å². The highest BCUT2D eigenvalue weighted by atomic mass is 32.2. The largest absolute Gasteiger partial charge is 0.363 e. The van der Waals surface area contributed by atoms with E-state index in [1.165, 1.54) is 26.0 Å². The van der Waals surface area contributed by atoms with Crippen LogP contribution in [0.15, 0.2) is 114 Å². The molecule has 230 valence electrons. The van der Waals surface area contributed by atoms with Gasteiger partial charge in [-0.2, -0.15) is 0 Å². The van der Waals surface area contributed by atoms with E-state index in [1.54, 1.807) is 41.3 Å². The molecule has 3 atom stereocenters. The zero-order chi connectivity index (χ0) is 32.0. The van der Waals surface area contributed by atoms with E-state index in [4.69, 9.17) is 0 Å². The first-order chi connectivity index (χ1) is 21.5. The zero-order valence-corrected chi connectivity index (χ0v) is 26.3.